The number of rotatable bonds is 0. The first-order valence-electron chi connectivity index (χ1n) is 5.72. The highest BCUT2D eigenvalue weighted by Crippen LogP contribution is 2.45. The molecule has 0 atom stereocenters. The van der Waals surface area contributed by atoms with Gasteiger partial charge in [0.05, 0.1) is 6.20 Å². The first-order valence-corrected chi connectivity index (χ1v) is 5.72. The van der Waals surface area contributed by atoms with E-state index in [1.807, 2.05) is 11.2 Å². The second kappa shape index (κ2) is 3.06. The standard InChI is InChI=1S/C11H18N4/c1-14-10-9(8-13-14)2-3-11(10)4-6-15(12)7-5-11/h8H,2-7,12H2,1H3. The molecule has 15 heavy (non-hydrogen) atoms. The largest absolute Gasteiger partial charge is 0.272 e. The van der Waals surface area contributed by atoms with Gasteiger partial charge in [0.25, 0.3) is 0 Å². The summed E-state index contributed by atoms with van der Waals surface area (Å²) in [6.07, 6.45) is 6.92. The summed E-state index contributed by atoms with van der Waals surface area (Å²) in [5, 5.41) is 6.32. The van der Waals surface area contributed by atoms with Crippen molar-refractivity contribution in [3.05, 3.63) is 17.5 Å². The molecule has 3 rings (SSSR count). The van der Waals surface area contributed by atoms with Crippen molar-refractivity contribution in [2.75, 3.05) is 13.1 Å². The number of aryl methyl sites for hydroxylation is 2. The molecule has 0 radical (unpaired) electrons. The van der Waals surface area contributed by atoms with Crippen LogP contribution in [0.2, 0.25) is 0 Å². The molecule has 1 aromatic heterocycles. The van der Waals surface area contributed by atoms with Crippen LogP contribution in [0.1, 0.15) is 30.5 Å². The SMILES string of the molecule is Cn1ncc2c1C1(CC2)CCN(N)CC1. The zero-order chi connectivity index (χ0) is 10.5. The molecule has 0 aromatic carbocycles. The molecule has 4 heteroatoms. The molecule has 2 aliphatic rings. The van der Waals surface area contributed by atoms with Crippen LogP contribution < -0.4 is 5.84 Å². The Hall–Kier alpha value is -0.870. The molecule has 0 amide bonds. The monoisotopic (exact) mass is 206 g/mol. The van der Waals surface area contributed by atoms with Crippen LogP contribution in [0, 0.1) is 0 Å². The second-order valence-electron chi connectivity index (χ2n) is 4.96. The van der Waals surface area contributed by atoms with E-state index >= 15 is 0 Å². The van der Waals surface area contributed by atoms with Gasteiger partial charge in [-0.3, -0.25) is 10.5 Å². The number of piperidine rings is 1. The van der Waals surface area contributed by atoms with Crippen molar-refractivity contribution in [3.63, 3.8) is 0 Å². The second-order valence-corrected chi connectivity index (χ2v) is 4.96. The molecule has 0 unspecified atom stereocenters. The molecule has 82 valence electrons. The van der Waals surface area contributed by atoms with Crippen molar-refractivity contribution >= 4 is 0 Å². The van der Waals surface area contributed by atoms with E-state index in [-0.39, 0.29) is 0 Å². The molecule has 0 bridgehead atoms. The molecule has 4 nitrogen and oxygen atoms in total. The van der Waals surface area contributed by atoms with Crippen LogP contribution in [0.3, 0.4) is 0 Å². The van der Waals surface area contributed by atoms with Crippen molar-refractivity contribution in [2.45, 2.75) is 31.1 Å². The lowest BCUT2D eigenvalue weighted by Gasteiger charge is -2.38. The minimum Gasteiger partial charge on any atom is -0.272 e. The van der Waals surface area contributed by atoms with E-state index in [9.17, 15) is 0 Å². The van der Waals surface area contributed by atoms with Crippen LogP contribution in [0.15, 0.2) is 6.20 Å². The fourth-order valence-corrected chi connectivity index (χ4v) is 3.28. The van der Waals surface area contributed by atoms with Crippen molar-refractivity contribution in [1.82, 2.24) is 14.8 Å². The first-order chi connectivity index (χ1) is 7.21. The van der Waals surface area contributed by atoms with Crippen molar-refractivity contribution in [1.29, 1.82) is 0 Å². The predicted octanol–water partition coefficient (Wildman–Crippen LogP) is 0.574. The molecule has 1 spiro atoms. The Morgan fingerprint density at radius 3 is 2.80 bits per heavy atom. The van der Waals surface area contributed by atoms with Gasteiger partial charge in [0.15, 0.2) is 0 Å². The Labute approximate surface area is 90.0 Å². The summed E-state index contributed by atoms with van der Waals surface area (Å²) in [6, 6.07) is 0. The predicted molar refractivity (Wildman–Crippen MR) is 58.2 cm³/mol. The molecule has 2 heterocycles. The molecule has 2 N–H and O–H groups in total. The number of aromatic nitrogens is 2. The van der Waals surface area contributed by atoms with Gasteiger partial charge in [0, 0.05) is 31.2 Å². The first kappa shape index (κ1) is 9.36. The van der Waals surface area contributed by atoms with E-state index in [4.69, 9.17) is 5.84 Å². The van der Waals surface area contributed by atoms with Crippen LogP contribution in [0.5, 0.6) is 0 Å². The summed E-state index contributed by atoms with van der Waals surface area (Å²) < 4.78 is 2.08. The number of nitrogens with zero attached hydrogens (tertiary/aromatic N) is 3. The lowest BCUT2D eigenvalue weighted by atomic mass is 9.76. The summed E-state index contributed by atoms with van der Waals surface area (Å²) >= 11 is 0. The zero-order valence-corrected chi connectivity index (χ0v) is 9.24. The topological polar surface area (TPSA) is 47.1 Å². The van der Waals surface area contributed by atoms with Crippen LogP contribution in [0.25, 0.3) is 0 Å². The third-order valence-corrected chi connectivity index (χ3v) is 4.14. The number of nitrogens with two attached hydrogens (primary N) is 1. The fraction of sp³-hybridized carbons (Fsp3) is 0.727. The summed E-state index contributed by atoms with van der Waals surface area (Å²) in [7, 11) is 2.07. The van der Waals surface area contributed by atoms with E-state index in [1.165, 1.54) is 36.9 Å². The van der Waals surface area contributed by atoms with E-state index in [2.05, 4.69) is 16.8 Å². The summed E-state index contributed by atoms with van der Waals surface area (Å²) in [5.41, 5.74) is 3.33. The molecular weight excluding hydrogens is 188 g/mol. The van der Waals surface area contributed by atoms with Gasteiger partial charge in [-0.05, 0) is 31.2 Å². The Bertz CT molecular complexity index is 374. The van der Waals surface area contributed by atoms with Crippen LogP contribution in [-0.2, 0) is 18.9 Å². The average molecular weight is 206 g/mol. The average Bonchev–Trinajstić information content (AvgIpc) is 2.76. The highest BCUT2D eigenvalue weighted by atomic mass is 15.4. The lowest BCUT2D eigenvalue weighted by molar-refractivity contribution is 0.155. The Morgan fingerprint density at radius 1 is 1.33 bits per heavy atom. The number of fused-ring (bicyclic) bond motifs is 2. The maximum atomic E-state index is 5.83. The number of hydrogen-bond donors (Lipinski definition) is 1. The molecule has 1 fully saturated rings. The van der Waals surface area contributed by atoms with Crippen LogP contribution in [-0.4, -0.2) is 27.9 Å². The number of hydrazine groups is 1. The molecule has 1 aliphatic carbocycles. The van der Waals surface area contributed by atoms with Gasteiger partial charge in [-0.1, -0.05) is 0 Å². The van der Waals surface area contributed by atoms with Gasteiger partial charge in [0.1, 0.15) is 0 Å². The van der Waals surface area contributed by atoms with Crippen molar-refractivity contribution < 1.29 is 0 Å². The van der Waals surface area contributed by atoms with Gasteiger partial charge < -0.3 is 0 Å². The Morgan fingerprint density at radius 2 is 2.07 bits per heavy atom. The highest BCUT2D eigenvalue weighted by molar-refractivity contribution is 5.33. The van der Waals surface area contributed by atoms with E-state index in [1.54, 1.807) is 0 Å². The van der Waals surface area contributed by atoms with Crippen molar-refractivity contribution in [2.24, 2.45) is 12.9 Å². The third-order valence-electron chi connectivity index (χ3n) is 4.14. The molecule has 1 saturated heterocycles. The summed E-state index contributed by atoms with van der Waals surface area (Å²) in [4.78, 5) is 0. The van der Waals surface area contributed by atoms with Gasteiger partial charge in [-0.15, -0.1) is 0 Å². The van der Waals surface area contributed by atoms with E-state index in [0.717, 1.165) is 13.1 Å². The van der Waals surface area contributed by atoms with E-state index in [0.29, 0.717) is 5.41 Å². The zero-order valence-electron chi connectivity index (χ0n) is 9.24. The molecule has 1 aliphatic heterocycles. The van der Waals surface area contributed by atoms with Crippen molar-refractivity contribution in [3.8, 4) is 0 Å². The summed E-state index contributed by atoms with van der Waals surface area (Å²) in [5.74, 6) is 5.83. The quantitative estimate of drug-likeness (QED) is 0.631. The minimum absolute atomic E-state index is 0.385. The van der Waals surface area contributed by atoms with Gasteiger partial charge in [0.2, 0.25) is 0 Å². The minimum atomic E-state index is 0.385. The summed E-state index contributed by atoms with van der Waals surface area (Å²) in [6.45, 7) is 2.04. The highest BCUT2D eigenvalue weighted by Gasteiger charge is 2.43. The van der Waals surface area contributed by atoms with Crippen LogP contribution in [0.4, 0.5) is 0 Å². The van der Waals surface area contributed by atoms with E-state index < -0.39 is 0 Å². The molecule has 0 saturated carbocycles. The fourth-order valence-electron chi connectivity index (χ4n) is 3.28. The maximum absolute atomic E-state index is 5.83. The Balaban J connectivity index is 1.98. The third kappa shape index (κ3) is 1.25. The van der Waals surface area contributed by atoms with Gasteiger partial charge >= 0.3 is 0 Å². The lowest BCUT2D eigenvalue weighted by Crippen LogP contribution is -2.45. The molecule has 1 aromatic rings. The number of hydrogen-bond acceptors (Lipinski definition) is 3. The normalized spacial score (nSPS) is 24.7. The van der Waals surface area contributed by atoms with Gasteiger partial charge in [-0.25, -0.2) is 5.01 Å². The maximum Gasteiger partial charge on any atom is 0.0524 e. The van der Waals surface area contributed by atoms with Gasteiger partial charge in [-0.2, -0.15) is 5.10 Å². The molecular formula is C11H18N4. The smallest absolute Gasteiger partial charge is 0.0524 e. The Kier molecular flexibility index (Phi) is 1.91. The van der Waals surface area contributed by atoms with Crippen LogP contribution >= 0.6 is 0 Å².